The highest BCUT2D eigenvalue weighted by Gasteiger charge is 2.36. The van der Waals surface area contributed by atoms with Crippen LogP contribution in [0.2, 0.25) is 5.02 Å². The van der Waals surface area contributed by atoms with Crippen LogP contribution in [0.5, 0.6) is 0 Å². The lowest BCUT2D eigenvalue weighted by molar-refractivity contribution is -0.125. The van der Waals surface area contributed by atoms with Gasteiger partial charge < -0.3 is 10.2 Å². The minimum Gasteiger partial charge on any atom is -0.351 e. The molecule has 0 saturated carbocycles. The highest BCUT2D eigenvalue weighted by atomic mass is 35.5. The molecule has 3 saturated heterocycles. The fourth-order valence-corrected chi connectivity index (χ4v) is 4.04. The van der Waals surface area contributed by atoms with E-state index in [9.17, 15) is 4.79 Å². The number of carbonyl (C=O) groups is 1. The van der Waals surface area contributed by atoms with E-state index < -0.39 is 0 Å². The van der Waals surface area contributed by atoms with E-state index >= 15 is 0 Å². The minimum atomic E-state index is -0.104. The van der Waals surface area contributed by atoms with Gasteiger partial charge in [0.05, 0.1) is 5.92 Å². The second-order valence-electron chi connectivity index (χ2n) is 7.03. The van der Waals surface area contributed by atoms with E-state index in [1.54, 1.807) is 0 Å². The summed E-state index contributed by atoms with van der Waals surface area (Å²) in [6.45, 7) is 7.62. The Morgan fingerprint density at radius 1 is 1.23 bits per heavy atom. The fourth-order valence-electron chi connectivity index (χ4n) is 3.91. The summed E-state index contributed by atoms with van der Waals surface area (Å²) in [5, 5.41) is 4.04. The first-order chi connectivity index (χ1) is 10.5. The predicted octanol–water partition coefficient (Wildman–Crippen LogP) is 3.29. The van der Waals surface area contributed by atoms with E-state index in [0.29, 0.717) is 17.0 Å². The Balaban J connectivity index is 1.71. The van der Waals surface area contributed by atoms with Crippen LogP contribution < -0.4 is 5.32 Å². The summed E-state index contributed by atoms with van der Waals surface area (Å²) < 4.78 is 0. The zero-order valence-electron chi connectivity index (χ0n) is 13.4. The molecule has 1 aromatic carbocycles. The summed E-state index contributed by atoms with van der Waals surface area (Å²) in [6.07, 6.45) is 2.44. The highest BCUT2D eigenvalue weighted by molar-refractivity contribution is 6.30. The van der Waals surface area contributed by atoms with Crippen molar-refractivity contribution in [2.75, 3.05) is 19.6 Å². The molecule has 1 aromatic rings. The van der Waals surface area contributed by atoms with E-state index in [1.807, 2.05) is 24.3 Å². The van der Waals surface area contributed by atoms with Crippen LogP contribution in [0.3, 0.4) is 0 Å². The van der Waals surface area contributed by atoms with Gasteiger partial charge in [-0.2, -0.15) is 0 Å². The van der Waals surface area contributed by atoms with Crippen molar-refractivity contribution >= 4 is 17.5 Å². The summed E-state index contributed by atoms with van der Waals surface area (Å²) >= 11 is 5.97. The fraction of sp³-hybridized carbons (Fsp3) is 0.611. The lowest BCUT2D eigenvalue weighted by Crippen LogP contribution is -2.58. The van der Waals surface area contributed by atoms with Gasteiger partial charge in [0.1, 0.15) is 0 Å². The van der Waals surface area contributed by atoms with Crippen molar-refractivity contribution in [2.45, 2.75) is 38.6 Å². The first-order valence-electron chi connectivity index (χ1n) is 8.33. The number of nitrogens with one attached hydrogen (secondary N) is 1. The molecule has 1 N–H and O–H groups in total. The van der Waals surface area contributed by atoms with Crippen LogP contribution in [-0.2, 0) is 4.79 Å². The molecule has 3 nitrogen and oxygen atoms in total. The molecule has 1 amide bonds. The molecule has 0 unspecified atom stereocenters. The summed E-state index contributed by atoms with van der Waals surface area (Å²) in [4.78, 5) is 15.3. The van der Waals surface area contributed by atoms with E-state index in [4.69, 9.17) is 11.6 Å². The molecule has 22 heavy (non-hydrogen) atoms. The highest BCUT2D eigenvalue weighted by Crippen LogP contribution is 2.30. The van der Waals surface area contributed by atoms with Crippen LogP contribution in [0.15, 0.2) is 24.3 Å². The first-order valence-corrected chi connectivity index (χ1v) is 8.70. The number of piperidine rings is 3. The molecular weight excluding hydrogens is 296 g/mol. The van der Waals surface area contributed by atoms with Gasteiger partial charge in [0.2, 0.25) is 5.91 Å². The average Bonchev–Trinajstić information content (AvgIpc) is 2.50. The third kappa shape index (κ3) is 3.31. The first kappa shape index (κ1) is 15.8. The van der Waals surface area contributed by atoms with Crippen LogP contribution >= 0.6 is 11.6 Å². The standard InChI is InChI=1S/C18H25ClN2O/c1-12(2)17(14-3-5-15(19)6-4-14)18(22)20-16-11-21-9-7-13(16)8-10-21/h3-6,12-13,16-17H,7-11H2,1-2H3,(H,20,22)/t16-,17-/m0/s1. The molecule has 0 aliphatic carbocycles. The predicted molar refractivity (Wildman–Crippen MR) is 90.1 cm³/mol. The monoisotopic (exact) mass is 320 g/mol. The third-order valence-electron chi connectivity index (χ3n) is 5.16. The Labute approximate surface area is 138 Å². The van der Waals surface area contributed by atoms with Crippen molar-refractivity contribution in [3.05, 3.63) is 34.9 Å². The summed E-state index contributed by atoms with van der Waals surface area (Å²) in [5.74, 6) is 0.984. The van der Waals surface area contributed by atoms with Gasteiger partial charge in [0.15, 0.2) is 0 Å². The van der Waals surface area contributed by atoms with Crippen LogP contribution in [0.25, 0.3) is 0 Å². The van der Waals surface area contributed by atoms with Crippen LogP contribution in [-0.4, -0.2) is 36.5 Å². The van der Waals surface area contributed by atoms with Gasteiger partial charge in [0, 0.05) is 17.6 Å². The Bertz CT molecular complexity index is 520. The van der Waals surface area contributed by atoms with Crippen molar-refractivity contribution < 1.29 is 4.79 Å². The Kier molecular flexibility index (Phi) is 4.74. The number of amides is 1. The average molecular weight is 321 g/mol. The molecule has 3 aliphatic rings. The second kappa shape index (κ2) is 6.59. The number of halogens is 1. The van der Waals surface area contributed by atoms with Crippen molar-refractivity contribution in [1.29, 1.82) is 0 Å². The van der Waals surface area contributed by atoms with Gasteiger partial charge in [-0.25, -0.2) is 0 Å². The van der Waals surface area contributed by atoms with Gasteiger partial charge in [-0.05, 0) is 55.5 Å². The van der Waals surface area contributed by atoms with Gasteiger partial charge in [-0.15, -0.1) is 0 Å². The molecule has 120 valence electrons. The van der Waals surface area contributed by atoms with Gasteiger partial charge in [-0.3, -0.25) is 4.79 Å². The molecule has 4 rings (SSSR count). The molecule has 0 radical (unpaired) electrons. The molecule has 0 spiro atoms. The van der Waals surface area contributed by atoms with Gasteiger partial charge >= 0.3 is 0 Å². The molecule has 3 aliphatic heterocycles. The van der Waals surface area contributed by atoms with E-state index in [1.165, 1.54) is 25.9 Å². The van der Waals surface area contributed by atoms with Crippen LogP contribution in [0.4, 0.5) is 0 Å². The Morgan fingerprint density at radius 2 is 1.86 bits per heavy atom. The van der Waals surface area contributed by atoms with E-state index in [2.05, 4.69) is 24.1 Å². The van der Waals surface area contributed by atoms with Crippen molar-refractivity contribution in [3.8, 4) is 0 Å². The zero-order chi connectivity index (χ0) is 15.7. The van der Waals surface area contributed by atoms with Gasteiger partial charge in [0.25, 0.3) is 0 Å². The van der Waals surface area contributed by atoms with E-state index in [0.717, 1.165) is 12.1 Å². The van der Waals surface area contributed by atoms with Gasteiger partial charge in [-0.1, -0.05) is 37.6 Å². The van der Waals surface area contributed by atoms with Crippen LogP contribution in [0, 0.1) is 11.8 Å². The number of hydrogen-bond donors (Lipinski definition) is 1. The number of hydrogen-bond acceptors (Lipinski definition) is 2. The van der Waals surface area contributed by atoms with Crippen LogP contribution in [0.1, 0.15) is 38.2 Å². The van der Waals surface area contributed by atoms with E-state index in [-0.39, 0.29) is 17.7 Å². The largest absolute Gasteiger partial charge is 0.351 e. The topological polar surface area (TPSA) is 32.3 Å². The normalized spacial score (nSPS) is 28.6. The number of carbonyl (C=O) groups excluding carboxylic acids is 1. The smallest absolute Gasteiger partial charge is 0.228 e. The van der Waals surface area contributed by atoms with Crippen molar-refractivity contribution in [2.24, 2.45) is 11.8 Å². The van der Waals surface area contributed by atoms with Crippen molar-refractivity contribution in [3.63, 3.8) is 0 Å². The molecule has 2 bridgehead atoms. The summed E-state index contributed by atoms with van der Waals surface area (Å²) in [5.41, 5.74) is 1.05. The third-order valence-corrected chi connectivity index (χ3v) is 5.41. The number of benzene rings is 1. The lowest BCUT2D eigenvalue weighted by atomic mass is 9.82. The molecule has 2 atom stereocenters. The van der Waals surface area contributed by atoms with Crippen molar-refractivity contribution in [1.82, 2.24) is 10.2 Å². The number of nitrogens with zero attached hydrogens (tertiary/aromatic N) is 1. The molecule has 3 fully saturated rings. The maximum absolute atomic E-state index is 12.9. The Morgan fingerprint density at radius 3 is 2.36 bits per heavy atom. The summed E-state index contributed by atoms with van der Waals surface area (Å²) in [7, 11) is 0. The quantitative estimate of drug-likeness (QED) is 0.923. The second-order valence-corrected chi connectivity index (χ2v) is 7.46. The molecule has 0 aromatic heterocycles. The molecular formula is C18H25ClN2O. The zero-order valence-corrected chi connectivity index (χ0v) is 14.1. The summed E-state index contributed by atoms with van der Waals surface area (Å²) in [6, 6.07) is 8.01. The maximum atomic E-state index is 12.9. The SMILES string of the molecule is CC(C)[C@H](C(=O)N[C@H]1CN2CCC1CC2)c1ccc(Cl)cc1. The minimum absolute atomic E-state index is 0.104. The molecule has 4 heteroatoms. The molecule has 3 heterocycles. The number of fused-ring (bicyclic) bond motifs is 3. The lowest BCUT2D eigenvalue weighted by Gasteiger charge is -2.45. The number of rotatable bonds is 4. The maximum Gasteiger partial charge on any atom is 0.228 e. The Hall–Kier alpha value is -1.06.